The van der Waals surface area contributed by atoms with Crippen LogP contribution in [-0.4, -0.2) is 23.6 Å². The number of benzene rings is 3. The molecule has 6 heteroatoms. The highest BCUT2D eigenvalue weighted by molar-refractivity contribution is 6.24. The van der Waals surface area contributed by atoms with Crippen LogP contribution in [0.1, 0.15) is 23.1 Å². The quantitative estimate of drug-likeness (QED) is 0.316. The SMILES string of the molecule is Cc1ccc(N2C(=O)[C@H]3[C@@H]4C=C[C@@H](C5=C(c6ccccc6)C[C@H]6C(=O)N(c7ccc(C)cc7)C(=O)[C@H]6[C@H]54)[C@H]3C2=O)cc1. The van der Waals surface area contributed by atoms with E-state index in [1.54, 1.807) is 0 Å². The van der Waals surface area contributed by atoms with Crippen LogP contribution in [0, 0.1) is 55.3 Å². The average Bonchev–Trinajstić information content (AvgIpc) is 3.43. The second-order valence-electron chi connectivity index (χ2n) is 12.4. The second kappa shape index (κ2) is 8.96. The number of hydrogen-bond donors (Lipinski definition) is 0. The first-order valence-electron chi connectivity index (χ1n) is 14.7. The van der Waals surface area contributed by atoms with Crippen LogP contribution in [0.3, 0.4) is 0 Å². The van der Waals surface area contributed by atoms with Gasteiger partial charge in [0.2, 0.25) is 23.6 Å². The number of anilines is 2. The summed E-state index contributed by atoms with van der Waals surface area (Å²) in [5.74, 6) is -3.90. The Labute approximate surface area is 244 Å². The Bertz CT molecular complexity index is 1740. The maximum absolute atomic E-state index is 14.3. The highest BCUT2D eigenvalue weighted by Crippen LogP contribution is 2.63. The fourth-order valence-electron chi connectivity index (χ4n) is 8.41. The molecule has 1 saturated carbocycles. The maximum Gasteiger partial charge on any atom is 0.238 e. The molecule has 4 amide bonds. The third-order valence-electron chi connectivity index (χ3n) is 10.2. The minimum absolute atomic E-state index is 0.177. The number of carbonyl (C=O) groups is 4. The van der Waals surface area contributed by atoms with E-state index in [0.717, 1.165) is 27.8 Å². The third kappa shape index (κ3) is 3.32. The molecule has 3 aromatic rings. The number of allylic oxidation sites excluding steroid dienone is 4. The Morgan fingerprint density at radius 2 is 1.12 bits per heavy atom. The Morgan fingerprint density at radius 3 is 1.74 bits per heavy atom. The standard InChI is InChI=1S/C36H30N2O4/c1-19-8-12-22(13-9-19)37-33(39)27-18-26(21-6-4-3-5-7-21)28-24-16-17-25(29(28)32(27)36(37)42)31-30(24)34(40)38(35(31)41)23-14-10-20(2)11-15-23/h3-17,24-25,27,29-32H,18H2,1-2H3/t24-,25+,27+,29-,30+,31-,32+/m0/s1. The molecule has 2 saturated heterocycles. The average molecular weight is 555 g/mol. The van der Waals surface area contributed by atoms with Crippen molar-refractivity contribution in [1.29, 1.82) is 0 Å². The highest BCUT2D eigenvalue weighted by Gasteiger charge is 2.67. The molecule has 0 N–H and O–H groups in total. The van der Waals surface area contributed by atoms with E-state index in [0.29, 0.717) is 17.8 Å². The number of nitrogens with zero attached hydrogens (tertiary/aromatic N) is 2. The topological polar surface area (TPSA) is 74.8 Å². The lowest BCUT2D eigenvalue weighted by molar-refractivity contribution is -0.129. The Hall–Kier alpha value is -4.58. The molecule has 2 heterocycles. The molecule has 6 nitrogen and oxygen atoms in total. The van der Waals surface area contributed by atoms with Gasteiger partial charge < -0.3 is 0 Å². The van der Waals surface area contributed by atoms with Gasteiger partial charge in [-0.3, -0.25) is 29.0 Å². The minimum atomic E-state index is -0.573. The molecule has 4 aliphatic carbocycles. The largest absolute Gasteiger partial charge is 0.274 e. The molecular weight excluding hydrogens is 524 g/mol. The molecule has 0 aromatic heterocycles. The summed E-state index contributed by atoms with van der Waals surface area (Å²) < 4.78 is 0. The minimum Gasteiger partial charge on any atom is -0.274 e. The van der Waals surface area contributed by atoms with Crippen molar-refractivity contribution in [3.8, 4) is 0 Å². The summed E-state index contributed by atoms with van der Waals surface area (Å²) in [6, 6.07) is 25.0. The van der Waals surface area contributed by atoms with Gasteiger partial charge in [0.25, 0.3) is 0 Å². The van der Waals surface area contributed by atoms with Gasteiger partial charge in [0.1, 0.15) is 0 Å². The van der Waals surface area contributed by atoms with Crippen molar-refractivity contribution in [3.63, 3.8) is 0 Å². The molecule has 6 aliphatic rings. The number of aryl methyl sites for hydroxylation is 2. The molecule has 9 rings (SSSR count). The molecule has 0 radical (unpaired) electrons. The number of fused-ring (bicyclic) bond motifs is 1. The number of imide groups is 2. The smallest absolute Gasteiger partial charge is 0.238 e. The Morgan fingerprint density at radius 1 is 0.571 bits per heavy atom. The Kier molecular flexibility index (Phi) is 5.37. The van der Waals surface area contributed by atoms with Crippen molar-refractivity contribution in [2.45, 2.75) is 20.3 Å². The number of rotatable bonds is 3. The lowest BCUT2D eigenvalue weighted by Gasteiger charge is -2.51. The highest BCUT2D eigenvalue weighted by atomic mass is 16.2. The predicted octanol–water partition coefficient (Wildman–Crippen LogP) is 5.50. The first kappa shape index (κ1) is 25.2. The van der Waals surface area contributed by atoms with Gasteiger partial charge in [-0.25, -0.2) is 0 Å². The first-order chi connectivity index (χ1) is 20.3. The summed E-state index contributed by atoms with van der Waals surface area (Å²) in [6.45, 7) is 3.95. The van der Waals surface area contributed by atoms with Crippen LogP contribution < -0.4 is 9.80 Å². The van der Waals surface area contributed by atoms with Crippen LogP contribution in [0.4, 0.5) is 11.4 Å². The summed E-state index contributed by atoms with van der Waals surface area (Å²) in [5.41, 5.74) is 6.38. The van der Waals surface area contributed by atoms with Crippen molar-refractivity contribution in [2.75, 3.05) is 9.80 Å². The number of amides is 4. The van der Waals surface area contributed by atoms with E-state index in [2.05, 4.69) is 12.2 Å². The van der Waals surface area contributed by atoms with Gasteiger partial charge in [-0.15, -0.1) is 0 Å². The summed E-state index contributed by atoms with van der Waals surface area (Å²) in [7, 11) is 0. The molecule has 2 aliphatic heterocycles. The van der Waals surface area contributed by atoms with Gasteiger partial charge >= 0.3 is 0 Å². The second-order valence-corrected chi connectivity index (χ2v) is 12.4. The van der Waals surface area contributed by atoms with Crippen LogP contribution in [-0.2, 0) is 19.2 Å². The van der Waals surface area contributed by atoms with E-state index in [-0.39, 0.29) is 41.4 Å². The molecule has 0 unspecified atom stereocenters. The molecular formula is C36H30N2O4. The summed E-state index contributed by atoms with van der Waals surface area (Å²) in [4.78, 5) is 59.2. The van der Waals surface area contributed by atoms with Crippen molar-refractivity contribution < 1.29 is 19.2 Å². The van der Waals surface area contributed by atoms with Crippen molar-refractivity contribution in [1.82, 2.24) is 0 Å². The van der Waals surface area contributed by atoms with E-state index in [1.165, 1.54) is 9.80 Å². The molecule has 2 bridgehead atoms. The zero-order valence-corrected chi connectivity index (χ0v) is 23.4. The first-order valence-corrected chi connectivity index (χ1v) is 14.7. The molecule has 7 atom stereocenters. The van der Waals surface area contributed by atoms with Crippen molar-refractivity contribution in [3.05, 3.63) is 113 Å². The summed E-state index contributed by atoms with van der Waals surface area (Å²) >= 11 is 0. The molecule has 208 valence electrons. The van der Waals surface area contributed by atoms with E-state index < -0.39 is 23.7 Å². The van der Waals surface area contributed by atoms with Crippen LogP contribution in [0.2, 0.25) is 0 Å². The number of carbonyl (C=O) groups excluding carboxylic acids is 4. The van der Waals surface area contributed by atoms with Crippen molar-refractivity contribution >= 4 is 40.6 Å². The summed E-state index contributed by atoms with van der Waals surface area (Å²) in [5, 5.41) is 0. The number of hydrogen-bond acceptors (Lipinski definition) is 4. The van der Waals surface area contributed by atoms with E-state index in [4.69, 9.17) is 0 Å². The maximum atomic E-state index is 14.3. The van der Waals surface area contributed by atoms with Gasteiger partial charge in [-0.2, -0.15) is 0 Å². The lowest BCUT2D eigenvalue weighted by Crippen LogP contribution is -2.51. The van der Waals surface area contributed by atoms with E-state index in [1.807, 2.05) is 92.7 Å². The zero-order valence-electron chi connectivity index (χ0n) is 23.4. The Balaban J connectivity index is 1.28. The molecule has 0 spiro atoms. The fourth-order valence-corrected chi connectivity index (χ4v) is 8.41. The van der Waals surface area contributed by atoms with E-state index in [9.17, 15) is 19.2 Å². The third-order valence-corrected chi connectivity index (χ3v) is 10.2. The van der Waals surface area contributed by atoms with Gasteiger partial charge in [-0.05, 0) is 61.6 Å². The fraction of sp³-hybridized carbons (Fsp3) is 0.278. The van der Waals surface area contributed by atoms with Crippen LogP contribution in [0.15, 0.2) is 96.6 Å². The monoisotopic (exact) mass is 554 g/mol. The van der Waals surface area contributed by atoms with Crippen LogP contribution in [0.5, 0.6) is 0 Å². The zero-order chi connectivity index (χ0) is 28.9. The summed E-state index contributed by atoms with van der Waals surface area (Å²) in [6.07, 6.45) is 4.58. The van der Waals surface area contributed by atoms with Gasteiger partial charge in [0.15, 0.2) is 0 Å². The lowest BCUT2D eigenvalue weighted by atomic mass is 9.49. The van der Waals surface area contributed by atoms with Gasteiger partial charge in [0.05, 0.1) is 35.0 Å². The molecule has 3 fully saturated rings. The van der Waals surface area contributed by atoms with Crippen LogP contribution >= 0.6 is 0 Å². The van der Waals surface area contributed by atoms with Crippen LogP contribution in [0.25, 0.3) is 5.57 Å². The normalized spacial score (nSPS) is 31.1. The predicted molar refractivity (Wildman–Crippen MR) is 159 cm³/mol. The van der Waals surface area contributed by atoms with Gasteiger partial charge in [0, 0.05) is 11.8 Å². The van der Waals surface area contributed by atoms with Crippen molar-refractivity contribution in [2.24, 2.45) is 41.4 Å². The molecule has 3 aromatic carbocycles. The van der Waals surface area contributed by atoms with E-state index >= 15 is 0 Å². The van der Waals surface area contributed by atoms with Gasteiger partial charge in [-0.1, -0.05) is 83.4 Å². The molecule has 42 heavy (non-hydrogen) atoms.